The highest BCUT2D eigenvalue weighted by Crippen LogP contribution is 2.28. The number of halogens is 1. The Labute approximate surface area is 190 Å². The van der Waals surface area contributed by atoms with Crippen molar-refractivity contribution in [1.29, 1.82) is 0 Å². The third-order valence-corrected chi connectivity index (χ3v) is 7.47. The number of thiazole rings is 1. The first-order chi connectivity index (χ1) is 14.6. The average molecular weight is 482 g/mol. The molecule has 0 atom stereocenters. The largest absolute Gasteiger partial charge is 0.326 e. The van der Waals surface area contributed by atoms with Crippen molar-refractivity contribution < 1.29 is 13.2 Å². The molecular weight excluding hydrogens is 458 g/mol. The van der Waals surface area contributed by atoms with Crippen LogP contribution in [0.4, 0.5) is 11.4 Å². The molecule has 0 aliphatic heterocycles. The molecule has 2 aromatic carbocycles. The minimum atomic E-state index is -3.53. The van der Waals surface area contributed by atoms with Crippen molar-refractivity contribution in [2.45, 2.75) is 33.2 Å². The van der Waals surface area contributed by atoms with Gasteiger partial charge in [0, 0.05) is 30.2 Å². The second-order valence-electron chi connectivity index (χ2n) is 7.17. The molecule has 1 heterocycles. The molecule has 31 heavy (non-hydrogen) atoms. The molecule has 7 nitrogen and oxygen atoms in total. The van der Waals surface area contributed by atoms with Crippen LogP contribution in [0.1, 0.15) is 25.3 Å². The average Bonchev–Trinajstić information content (AvgIpc) is 3.01. The normalized spacial score (nSPS) is 11.6. The highest BCUT2D eigenvalue weighted by Gasteiger charge is 2.20. The molecule has 1 amide bonds. The molecule has 0 fully saturated rings. The van der Waals surface area contributed by atoms with Gasteiger partial charge in [0.05, 0.1) is 22.2 Å². The summed E-state index contributed by atoms with van der Waals surface area (Å²) in [4.78, 5) is 24.4. The van der Waals surface area contributed by atoms with Gasteiger partial charge in [-0.05, 0) is 56.2 Å². The Bertz CT molecular complexity index is 1280. The number of hydrogen-bond acceptors (Lipinski definition) is 5. The van der Waals surface area contributed by atoms with Gasteiger partial charge in [-0.3, -0.25) is 18.5 Å². The van der Waals surface area contributed by atoms with Crippen LogP contribution >= 0.6 is 22.9 Å². The quantitative estimate of drug-likeness (QED) is 0.521. The highest BCUT2D eigenvalue weighted by molar-refractivity contribution is 7.92. The Balaban J connectivity index is 1.66. The van der Waals surface area contributed by atoms with Gasteiger partial charge in [-0.25, -0.2) is 8.42 Å². The molecule has 1 aromatic heterocycles. The SMILES string of the molecule is CCn1c(=O)sc2cc(NC(=O)CCCN(c3cccc(Cl)c3C)S(C)(=O)=O)ccc21. The van der Waals surface area contributed by atoms with Crippen molar-refractivity contribution in [1.82, 2.24) is 4.57 Å². The Kier molecular flexibility index (Phi) is 7.08. The number of fused-ring (bicyclic) bond motifs is 1. The molecule has 3 rings (SSSR count). The van der Waals surface area contributed by atoms with Gasteiger partial charge in [0.1, 0.15) is 0 Å². The van der Waals surface area contributed by atoms with Gasteiger partial charge in [-0.1, -0.05) is 29.0 Å². The number of sulfonamides is 1. The zero-order chi connectivity index (χ0) is 22.8. The van der Waals surface area contributed by atoms with Crippen LogP contribution in [0.25, 0.3) is 10.2 Å². The van der Waals surface area contributed by atoms with Crippen LogP contribution in [0.15, 0.2) is 41.2 Å². The van der Waals surface area contributed by atoms with Gasteiger partial charge in [-0.2, -0.15) is 0 Å². The molecule has 166 valence electrons. The molecule has 0 radical (unpaired) electrons. The number of anilines is 2. The maximum absolute atomic E-state index is 12.4. The minimum absolute atomic E-state index is 0.0295. The van der Waals surface area contributed by atoms with E-state index in [1.807, 2.05) is 13.0 Å². The van der Waals surface area contributed by atoms with Crippen molar-refractivity contribution in [3.8, 4) is 0 Å². The molecule has 0 aliphatic carbocycles. The number of nitrogens with zero attached hydrogens (tertiary/aromatic N) is 2. The summed E-state index contributed by atoms with van der Waals surface area (Å²) in [7, 11) is -3.53. The Morgan fingerprint density at radius 1 is 1.26 bits per heavy atom. The zero-order valence-corrected chi connectivity index (χ0v) is 19.9. The zero-order valence-electron chi connectivity index (χ0n) is 17.5. The van der Waals surface area contributed by atoms with Gasteiger partial charge in [0.2, 0.25) is 15.9 Å². The summed E-state index contributed by atoms with van der Waals surface area (Å²) in [6, 6.07) is 10.5. The van der Waals surface area contributed by atoms with Crippen LogP contribution in [0.2, 0.25) is 5.02 Å². The van der Waals surface area contributed by atoms with Crippen LogP contribution in [-0.2, 0) is 21.4 Å². The number of hydrogen-bond donors (Lipinski definition) is 1. The lowest BCUT2D eigenvalue weighted by Gasteiger charge is -2.24. The van der Waals surface area contributed by atoms with Crippen LogP contribution in [-0.4, -0.2) is 31.7 Å². The molecule has 0 spiro atoms. The van der Waals surface area contributed by atoms with E-state index in [9.17, 15) is 18.0 Å². The Morgan fingerprint density at radius 2 is 2.00 bits per heavy atom. The topological polar surface area (TPSA) is 88.5 Å². The van der Waals surface area contributed by atoms with Gasteiger partial charge in [-0.15, -0.1) is 0 Å². The number of benzene rings is 2. The standard InChI is InChI=1S/C21H24ClN3O4S2/c1-4-24-18-11-10-15(13-19(18)30-21(24)27)23-20(26)9-6-12-25(31(3,28)29)17-8-5-7-16(22)14(17)2/h5,7-8,10-11,13H,4,6,9,12H2,1-3H3,(H,23,26). The summed E-state index contributed by atoms with van der Waals surface area (Å²) in [6.45, 7) is 4.42. The maximum Gasteiger partial charge on any atom is 0.308 e. The van der Waals surface area contributed by atoms with Gasteiger partial charge in [0.25, 0.3) is 0 Å². The summed E-state index contributed by atoms with van der Waals surface area (Å²) in [5.74, 6) is -0.224. The molecule has 3 aromatic rings. The fourth-order valence-electron chi connectivity index (χ4n) is 3.38. The van der Waals surface area contributed by atoms with Crippen molar-refractivity contribution >= 4 is 60.5 Å². The molecule has 0 unspecified atom stereocenters. The third-order valence-electron chi connectivity index (χ3n) is 4.94. The first-order valence-corrected chi connectivity index (χ1v) is 12.8. The fourth-order valence-corrected chi connectivity index (χ4v) is 5.56. The second-order valence-corrected chi connectivity index (χ2v) is 10.5. The summed E-state index contributed by atoms with van der Waals surface area (Å²) >= 11 is 7.28. The number of aromatic nitrogens is 1. The first kappa shape index (κ1) is 23.3. The molecule has 1 N–H and O–H groups in total. The summed E-state index contributed by atoms with van der Waals surface area (Å²) in [6.07, 6.45) is 1.62. The summed E-state index contributed by atoms with van der Waals surface area (Å²) in [5.41, 5.74) is 2.63. The maximum atomic E-state index is 12.4. The van der Waals surface area contributed by atoms with Gasteiger partial charge in [0.15, 0.2) is 0 Å². The van der Waals surface area contributed by atoms with Crippen molar-refractivity contribution in [3.63, 3.8) is 0 Å². The molecule has 0 saturated heterocycles. The lowest BCUT2D eigenvalue weighted by Crippen LogP contribution is -2.32. The van der Waals surface area contributed by atoms with Gasteiger partial charge < -0.3 is 5.32 Å². The van der Waals surface area contributed by atoms with Crippen LogP contribution in [0.5, 0.6) is 0 Å². The summed E-state index contributed by atoms with van der Waals surface area (Å²) in [5, 5.41) is 3.31. The molecule has 0 saturated carbocycles. The van der Waals surface area contributed by atoms with Crippen molar-refractivity contribution in [2.75, 3.05) is 22.4 Å². The predicted octanol–water partition coefficient (Wildman–Crippen LogP) is 4.23. The number of carbonyl (C=O) groups excluding carboxylic acids is 1. The lowest BCUT2D eigenvalue weighted by molar-refractivity contribution is -0.116. The van der Waals surface area contributed by atoms with E-state index in [4.69, 9.17) is 11.6 Å². The predicted molar refractivity (Wildman–Crippen MR) is 128 cm³/mol. The van der Waals surface area contributed by atoms with Gasteiger partial charge >= 0.3 is 4.87 Å². The third kappa shape index (κ3) is 5.28. The highest BCUT2D eigenvalue weighted by atomic mass is 35.5. The van der Waals surface area contributed by atoms with Crippen LogP contribution in [0.3, 0.4) is 0 Å². The molecule has 0 aliphatic rings. The van der Waals surface area contributed by atoms with E-state index in [1.165, 1.54) is 4.31 Å². The van der Waals surface area contributed by atoms with Crippen LogP contribution in [0, 0.1) is 6.92 Å². The van der Waals surface area contributed by atoms with E-state index in [1.54, 1.807) is 41.8 Å². The monoisotopic (exact) mass is 481 g/mol. The number of nitrogens with one attached hydrogen (secondary N) is 1. The van der Waals surface area contributed by atoms with Crippen LogP contribution < -0.4 is 14.5 Å². The number of carbonyl (C=O) groups is 1. The Hall–Kier alpha value is -2.36. The van der Waals surface area contributed by atoms with E-state index in [0.29, 0.717) is 34.9 Å². The van der Waals surface area contributed by atoms with E-state index in [-0.39, 0.29) is 23.7 Å². The Morgan fingerprint density at radius 3 is 2.68 bits per heavy atom. The molecular formula is C21H24ClN3O4S2. The number of amides is 1. The van der Waals surface area contributed by atoms with Crippen molar-refractivity contribution in [3.05, 3.63) is 56.7 Å². The fraction of sp³-hybridized carbons (Fsp3) is 0.333. The number of rotatable bonds is 8. The minimum Gasteiger partial charge on any atom is -0.326 e. The van der Waals surface area contributed by atoms with E-state index >= 15 is 0 Å². The van der Waals surface area contributed by atoms with E-state index in [0.717, 1.165) is 27.8 Å². The number of aryl methyl sites for hydroxylation is 1. The van der Waals surface area contributed by atoms with E-state index in [2.05, 4.69) is 5.32 Å². The lowest BCUT2D eigenvalue weighted by atomic mass is 10.2. The van der Waals surface area contributed by atoms with E-state index < -0.39 is 10.0 Å². The second kappa shape index (κ2) is 9.42. The smallest absolute Gasteiger partial charge is 0.308 e. The first-order valence-electron chi connectivity index (χ1n) is 9.78. The molecule has 10 heteroatoms. The molecule has 0 bridgehead atoms. The van der Waals surface area contributed by atoms with Crippen molar-refractivity contribution in [2.24, 2.45) is 0 Å². The summed E-state index contributed by atoms with van der Waals surface area (Å²) < 4.78 is 28.4.